The lowest BCUT2D eigenvalue weighted by Crippen LogP contribution is -2.53. The minimum Gasteiger partial charge on any atom is -0.487 e. The van der Waals surface area contributed by atoms with Crippen LogP contribution in [-0.2, 0) is 0 Å². The largest absolute Gasteiger partial charge is 0.487 e. The molecule has 0 amide bonds. The molecule has 150 valence electrons. The van der Waals surface area contributed by atoms with E-state index in [-0.39, 0.29) is 30.7 Å². The number of anilines is 1. The van der Waals surface area contributed by atoms with Crippen LogP contribution in [0.5, 0.6) is 5.75 Å². The van der Waals surface area contributed by atoms with Gasteiger partial charge in [-0.1, -0.05) is 0 Å². The molecule has 1 saturated heterocycles. The van der Waals surface area contributed by atoms with Crippen molar-refractivity contribution in [3.8, 4) is 5.75 Å². The molecule has 0 unspecified atom stereocenters. The fourth-order valence-electron chi connectivity index (χ4n) is 4.05. The Hall–Kier alpha value is -2.65. The molecule has 0 aliphatic carbocycles. The zero-order valence-electron chi connectivity index (χ0n) is 15.4. The van der Waals surface area contributed by atoms with Gasteiger partial charge in [0, 0.05) is 24.0 Å². The average molecular weight is 391 g/mol. The van der Waals surface area contributed by atoms with Crippen LogP contribution in [0.25, 0.3) is 10.9 Å². The molecule has 0 saturated carbocycles. The van der Waals surface area contributed by atoms with E-state index in [0.717, 1.165) is 0 Å². The first kappa shape index (κ1) is 18.7. The SMILES string of the molecule is C[C@H]1COc2c(N3CCC(N)(CO)CC3)c(F)cc3cc(C(=O)O)c(=O)n1c23. The van der Waals surface area contributed by atoms with Crippen LogP contribution in [0.2, 0.25) is 0 Å². The van der Waals surface area contributed by atoms with E-state index in [1.54, 1.807) is 11.8 Å². The van der Waals surface area contributed by atoms with Gasteiger partial charge in [0.25, 0.3) is 5.56 Å². The van der Waals surface area contributed by atoms with Crippen molar-refractivity contribution in [2.45, 2.75) is 31.3 Å². The molecule has 1 fully saturated rings. The molecule has 8 nitrogen and oxygen atoms in total. The molecule has 4 N–H and O–H groups in total. The van der Waals surface area contributed by atoms with Crippen LogP contribution in [0, 0.1) is 5.82 Å². The standard InChI is InChI=1S/C19H22FN3O5/c1-10-8-28-16-14-11(6-12(18(26)27)17(25)23(10)14)7-13(20)15(16)22-4-2-19(21,9-24)3-5-22/h6-7,10,24H,2-5,8-9,21H2,1H3,(H,26,27)/t10-/m0/s1. The van der Waals surface area contributed by atoms with E-state index in [0.29, 0.717) is 36.8 Å². The highest BCUT2D eigenvalue weighted by Crippen LogP contribution is 2.43. The maximum absolute atomic E-state index is 15.1. The van der Waals surface area contributed by atoms with E-state index < -0.39 is 28.4 Å². The molecule has 2 aliphatic heterocycles. The Kier molecular flexibility index (Phi) is 4.31. The molecule has 0 radical (unpaired) electrons. The second kappa shape index (κ2) is 6.46. The Balaban J connectivity index is 1.92. The molecule has 4 rings (SSSR count). The van der Waals surface area contributed by atoms with Gasteiger partial charge in [-0.2, -0.15) is 0 Å². The number of rotatable bonds is 3. The molecule has 1 aromatic heterocycles. The number of nitrogens with zero attached hydrogens (tertiary/aromatic N) is 2. The molecule has 28 heavy (non-hydrogen) atoms. The van der Waals surface area contributed by atoms with Crippen LogP contribution >= 0.6 is 0 Å². The topological polar surface area (TPSA) is 118 Å². The van der Waals surface area contributed by atoms with Crippen molar-refractivity contribution >= 4 is 22.6 Å². The van der Waals surface area contributed by atoms with E-state index in [2.05, 4.69) is 0 Å². The number of ether oxygens (including phenoxy) is 1. The van der Waals surface area contributed by atoms with E-state index in [1.165, 1.54) is 16.7 Å². The van der Waals surface area contributed by atoms with Crippen molar-refractivity contribution in [1.29, 1.82) is 0 Å². The fraction of sp³-hybridized carbons (Fsp3) is 0.474. The van der Waals surface area contributed by atoms with Crippen molar-refractivity contribution in [1.82, 2.24) is 4.57 Å². The highest BCUT2D eigenvalue weighted by atomic mass is 19.1. The lowest BCUT2D eigenvalue weighted by atomic mass is 9.89. The second-order valence-corrected chi connectivity index (χ2v) is 7.68. The van der Waals surface area contributed by atoms with Crippen LogP contribution in [0.3, 0.4) is 0 Å². The number of nitrogens with two attached hydrogens (primary N) is 1. The highest BCUT2D eigenvalue weighted by Gasteiger charge is 2.35. The van der Waals surface area contributed by atoms with Crippen molar-refractivity contribution in [3.63, 3.8) is 0 Å². The Labute approximate surface area is 159 Å². The minimum atomic E-state index is -1.35. The van der Waals surface area contributed by atoms with Gasteiger partial charge < -0.3 is 25.6 Å². The third-order valence-electron chi connectivity index (χ3n) is 5.73. The molecule has 2 aromatic rings. The van der Waals surface area contributed by atoms with Gasteiger partial charge in [-0.3, -0.25) is 9.36 Å². The van der Waals surface area contributed by atoms with Gasteiger partial charge in [-0.15, -0.1) is 0 Å². The summed E-state index contributed by atoms with van der Waals surface area (Å²) in [7, 11) is 0. The molecule has 1 aromatic carbocycles. The first-order valence-electron chi connectivity index (χ1n) is 9.18. The number of aliphatic hydroxyl groups is 1. The van der Waals surface area contributed by atoms with Crippen molar-refractivity contribution in [2.24, 2.45) is 5.73 Å². The Morgan fingerprint density at radius 3 is 2.68 bits per heavy atom. The number of halogens is 1. The average Bonchev–Trinajstić information content (AvgIpc) is 2.66. The second-order valence-electron chi connectivity index (χ2n) is 7.68. The molecule has 1 atom stereocenters. The van der Waals surface area contributed by atoms with Gasteiger partial charge in [0.15, 0.2) is 11.6 Å². The zero-order valence-corrected chi connectivity index (χ0v) is 15.4. The van der Waals surface area contributed by atoms with Crippen molar-refractivity contribution in [2.75, 3.05) is 31.2 Å². The third-order valence-corrected chi connectivity index (χ3v) is 5.73. The highest BCUT2D eigenvalue weighted by molar-refractivity contribution is 5.97. The van der Waals surface area contributed by atoms with Gasteiger partial charge in [-0.05, 0) is 31.9 Å². The van der Waals surface area contributed by atoms with Crippen LogP contribution < -0.4 is 20.9 Å². The summed E-state index contributed by atoms with van der Waals surface area (Å²) in [5, 5.41) is 19.1. The number of hydrogen-bond donors (Lipinski definition) is 3. The number of piperidine rings is 1. The van der Waals surface area contributed by atoms with Crippen LogP contribution in [0.4, 0.5) is 10.1 Å². The molecule has 2 aliphatic rings. The Bertz CT molecular complexity index is 1030. The summed E-state index contributed by atoms with van der Waals surface area (Å²) in [5.74, 6) is -1.65. The summed E-state index contributed by atoms with van der Waals surface area (Å²) < 4.78 is 22.3. The Morgan fingerprint density at radius 1 is 1.39 bits per heavy atom. The smallest absolute Gasteiger partial charge is 0.341 e. The number of aromatic carboxylic acids is 1. The molecule has 9 heteroatoms. The number of carboxylic acid groups (broad SMARTS) is 1. The fourth-order valence-corrected chi connectivity index (χ4v) is 4.05. The van der Waals surface area contributed by atoms with Gasteiger partial charge in [0.2, 0.25) is 0 Å². The number of carbonyl (C=O) groups is 1. The monoisotopic (exact) mass is 391 g/mol. The number of pyridine rings is 1. The minimum absolute atomic E-state index is 0.132. The van der Waals surface area contributed by atoms with Gasteiger partial charge in [0.05, 0.1) is 18.2 Å². The van der Waals surface area contributed by atoms with Crippen LogP contribution in [0.15, 0.2) is 16.9 Å². The summed E-state index contributed by atoms with van der Waals surface area (Å²) in [6, 6.07) is 2.06. The molecule has 3 heterocycles. The molecule has 0 bridgehead atoms. The first-order valence-corrected chi connectivity index (χ1v) is 9.18. The normalized spacial score (nSPS) is 20.9. The van der Waals surface area contributed by atoms with Crippen molar-refractivity contribution < 1.29 is 24.1 Å². The number of aliphatic hydroxyl groups excluding tert-OH is 1. The summed E-state index contributed by atoms with van der Waals surface area (Å²) in [5.41, 5.74) is 5.05. The van der Waals surface area contributed by atoms with Crippen LogP contribution in [-0.4, -0.2) is 52.6 Å². The molecule has 0 spiro atoms. The maximum atomic E-state index is 15.1. The number of benzene rings is 1. The van der Waals surface area contributed by atoms with Gasteiger partial charge >= 0.3 is 5.97 Å². The predicted octanol–water partition coefficient (Wildman–Crippen LogP) is 1.08. The lowest BCUT2D eigenvalue weighted by molar-refractivity contribution is 0.0694. The van der Waals surface area contributed by atoms with E-state index in [9.17, 15) is 19.8 Å². The number of hydrogen-bond acceptors (Lipinski definition) is 6. The predicted molar refractivity (Wildman–Crippen MR) is 101 cm³/mol. The number of aromatic nitrogens is 1. The third kappa shape index (κ3) is 2.73. The molecular weight excluding hydrogens is 369 g/mol. The quantitative estimate of drug-likeness (QED) is 0.717. The summed E-state index contributed by atoms with van der Waals surface area (Å²) in [4.78, 5) is 26.0. The summed E-state index contributed by atoms with van der Waals surface area (Å²) in [6.07, 6.45) is 0.975. The van der Waals surface area contributed by atoms with E-state index in [1.807, 2.05) is 0 Å². The summed E-state index contributed by atoms with van der Waals surface area (Å²) in [6.45, 7) is 2.61. The van der Waals surface area contributed by atoms with Gasteiger partial charge in [0.1, 0.15) is 17.9 Å². The van der Waals surface area contributed by atoms with Crippen LogP contribution in [0.1, 0.15) is 36.2 Å². The zero-order chi connectivity index (χ0) is 20.2. The molecular formula is C19H22FN3O5. The van der Waals surface area contributed by atoms with E-state index in [4.69, 9.17) is 10.5 Å². The lowest BCUT2D eigenvalue weighted by Gasteiger charge is -2.40. The number of carboxylic acids is 1. The van der Waals surface area contributed by atoms with Gasteiger partial charge in [-0.25, -0.2) is 9.18 Å². The Morgan fingerprint density at radius 2 is 2.07 bits per heavy atom. The maximum Gasteiger partial charge on any atom is 0.341 e. The summed E-state index contributed by atoms with van der Waals surface area (Å²) >= 11 is 0. The first-order chi connectivity index (χ1) is 13.3. The van der Waals surface area contributed by atoms with E-state index >= 15 is 4.39 Å². The van der Waals surface area contributed by atoms with Crippen molar-refractivity contribution in [3.05, 3.63) is 33.9 Å².